The van der Waals surface area contributed by atoms with Crippen LogP contribution in [0, 0.1) is 0 Å². The number of aliphatic hydroxyl groups excluding tert-OH is 1. The van der Waals surface area contributed by atoms with Gasteiger partial charge in [-0.25, -0.2) is 4.98 Å². The molecule has 2 unspecified atom stereocenters. The maximum absolute atomic E-state index is 9.30. The van der Waals surface area contributed by atoms with Crippen LogP contribution in [-0.2, 0) is 16.1 Å². The molecule has 1 aliphatic heterocycles. The number of aliphatic hydroxyl groups is 1. The number of hydrogen-bond donors (Lipinski definition) is 1. The van der Waals surface area contributed by atoms with Gasteiger partial charge in [0.15, 0.2) is 0 Å². The molecule has 1 aromatic heterocycles. The summed E-state index contributed by atoms with van der Waals surface area (Å²) in [6.45, 7) is 1.47. The van der Waals surface area contributed by atoms with Gasteiger partial charge in [0.05, 0.1) is 6.61 Å². The van der Waals surface area contributed by atoms with E-state index in [2.05, 4.69) is 9.88 Å². The van der Waals surface area contributed by atoms with Crippen LogP contribution in [0.25, 0.3) is 0 Å². The molecule has 17 heavy (non-hydrogen) atoms. The highest BCUT2D eigenvalue weighted by molar-refractivity contribution is 5.48. The Morgan fingerprint density at radius 3 is 2.53 bits per heavy atom. The van der Waals surface area contributed by atoms with Crippen molar-refractivity contribution < 1.29 is 14.6 Å². The van der Waals surface area contributed by atoms with E-state index in [1.54, 1.807) is 20.4 Å². The number of rotatable bonds is 4. The number of ether oxygens (including phenoxy) is 2. The Kier molecular flexibility index (Phi) is 3.93. The van der Waals surface area contributed by atoms with Crippen LogP contribution in [0.2, 0.25) is 0 Å². The largest absolute Gasteiger partial charge is 0.392 e. The molecule has 0 aliphatic carbocycles. The van der Waals surface area contributed by atoms with Gasteiger partial charge >= 0.3 is 0 Å². The molecule has 2 rings (SSSR count). The second-order valence-electron chi connectivity index (χ2n) is 4.10. The molecular weight excluding hydrogens is 220 g/mol. The normalized spacial score (nSPS) is 24.3. The fourth-order valence-electron chi connectivity index (χ4n) is 2.21. The van der Waals surface area contributed by atoms with Crippen LogP contribution in [0.3, 0.4) is 0 Å². The van der Waals surface area contributed by atoms with Crippen LogP contribution in [-0.4, -0.2) is 49.6 Å². The predicted octanol–water partition coefficient (Wildman–Crippen LogP) is 0.424. The molecule has 0 radical (unpaired) electrons. The first-order valence-corrected chi connectivity index (χ1v) is 5.65. The molecule has 1 aliphatic rings. The van der Waals surface area contributed by atoms with Gasteiger partial charge in [-0.2, -0.15) is 0 Å². The average Bonchev–Trinajstić information content (AvgIpc) is 2.81. The quantitative estimate of drug-likeness (QED) is 0.824. The number of hydrogen-bond acceptors (Lipinski definition) is 5. The van der Waals surface area contributed by atoms with E-state index in [-0.39, 0.29) is 18.8 Å². The van der Waals surface area contributed by atoms with Gasteiger partial charge in [-0.05, 0) is 6.07 Å². The van der Waals surface area contributed by atoms with E-state index >= 15 is 0 Å². The first kappa shape index (κ1) is 12.3. The molecule has 5 heteroatoms. The highest BCUT2D eigenvalue weighted by Crippen LogP contribution is 2.24. The van der Waals surface area contributed by atoms with E-state index in [9.17, 15) is 5.11 Å². The SMILES string of the molecule is COC1CN(c2ncccc2CO)CC1OC. The van der Waals surface area contributed by atoms with Gasteiger partial charge in [-0.1, -0.05) is 6.07 Å². The molecule has 5 nitrogen and oxygen atoms in total. The summed E-state index contributed by atoms with van der Waals surface area (Å²) in [5.74, 6) is 0.816. The van der Waals surface area contributed by atoms with Gasteiger partial charge in [0, 0.05) is 39.1 Å². The molecule has 1 N–H and O–H groups in total. The Morgan fingerprint density at radius 2 is 2.00 bits per heavy atom. The van der Waals surface area contributed by atoms with E-state index in [1.807, 2.05) is 12.1 Å². The third-order valence-corrected chi connectivity index (χ3v) is 3.16. The van der Waals surface area contributed by atoms with E-state index in [0.29, 0.717) is 0 Å². The summed E-state index contributed by atoms with van der Waals surface area (Å²) in [5.41, 5.74) is 0.833. The van der Waals surface area contributed by atoms with E-state index in [1.165, 1.54) is 0 Å². The van der Waals surface area contributed by atoms with E-state index in [4.69, 9.17) is 9.47 Å². The molecule has 1 fully saturated rings. The van der Waals surface area contributed by atoms with Gasteiger partial charge in [0.2, 0.25) is 0 Å². The molecular formula is C12H18N2O3. The zero-order valence-electron chi connectivity index (χ0n) is 10.2. The Hall–Kier alpha value is -1.17. The topological polar surface area (TPSA) is 54.8 Å². The van der Waals surface area contributed by atoms with Gasteiger partial charge in [0.25, 0.3) is 0 Å². The summed E-state index contributed by atoms with van der Waals surface area (Å²) in [5, 5.41) is 9.30. The van der Waals surface area contributed by atoms with Gasteiger partial charge < -0.3 is 19.5 Å². The summed E-state index contributed by atoms with van der Waals surface area (Å²) in [7, 11) is 3.37. The van der Waals surface area contributed by atoms with Crippen LogP contribution in [0.5, 0.6) is 0 Å². The number of nitrogens with zero attached hydrogens (tertiary/aromatic N) is 2. The maximum atomic E-state index is 9.30. The van der Waals surface area contributed by atoms with Crippen molar-refractivity contribution in [1.29, 1.82) is 0 Å². The minimum Gasteiger partial charge on any atom is -0.392 e. The lowest BCUT2D eigenvalue weighted by atomic mass is 10.2. The molecule has 0 aromatic carbocycles. The summed E-state index contributed by atoms with van der Waals surface area (Å²) in [6, 6.07) is 3.71. The summed E-state index contributed by atoms with van der Waals surface area (Å²) >= 11 is 0. The van der Waals surface area contributed by atoms with Crippen molar-refractivity contribution in [1.82, 2.24) is 4.98 Å². The highest BCUT2D eigenvalue weighted by atomic mass is 16.5. The first-order chi connectivity index (χ1) is 8.30. The summed E-state index contributed by atoms with van der Waals surface area (Å²) < 4.78 is 10.8. The Labute approximate surface area is 101 Å². The molecule has 0 bridgehead atoms. The molecule has 0 spiro atoms. The lowest BCUT2D eigenvalue weighted by Gasteiger charge is -2.19. The smallest absolute Gasteiger partial charge is 0.134 e. The fraction of sp³-hybridized carbons (Fsp3) is 0.583. The first-order valence-electron chi connectivity index (χ1n) is 5.65. The third-order valence-electron chi connectivity index (χ3n) is 3.16. The minimum absolute atomic E-state index is 0.00499. The maximum Gasteiger partial charge on any atom is 0.134 e. The molecule has 94 valence electrons. The second kappa shape index (κ2) is 5.44. The number of pyridine rings is 1. The number of anilines is 1. The summed E-state index contributed by atoms with van der Waals surface area (Å²) in [4.78, 5) is 6.41. The molecule has 0 amide bonds. The van der Waals surface area contributed by atoms with Crippen LogP contribution in [0.4, 0.5) is 5.82 Å². The van der Waals surface area contributed by atoms with E-state index < -0.39 is 0 Å². The highest BCUT2D eigenvalue weighted by Gasteiger charge is 2.34. The standard InChI is InChI=1S/C12H18N2O3/c1-16-10-6-14(7-11(10)17-2)12-9(8-15)4-3-5-13-12/h3-5,10-11,15H,6-8H2,1-2H3. The van der Waals surface area contributed by atoms with Crippen LogP contribution in [0.15, 0.2) is 18.3 Å². The van der Waals surface area contributed by atoms with Gasteiger partial charge in [0.1, 0.15) is 18.0 Å². The van der Waals surface area contributed by atoms with Crippen molar-refractivity contribution in [2.24, 2.45) is 0 Å². The summed E-state index contributed by atoms with van der Waals surface area (Å²) in [6.07, 6.45) is 1.83. The minimum atomic E-state index is -0.00499. The van der Waals surface area contributed by atoms with Crippen molar-refractivity contribution in [3.8, 4) is 0 Å². The number of aromatic nitrogens is 1. The Bertz CT molecular complexity index is 361. The predicted molar refractivity (Wildman–Crippen MR) is 64.0 cm³/mol. The lowest BCUT2D eigenvalue weighted by molar-refractivity contribution is -0.00461. The Balaban J connectivity index is 2.18. The van der Waals surface area contributed by atoms with Crippen molar-refractivity contribution in [3.05, 3.63) is 23.9 Å². The zero-order chi connectivity index (χ0) is 12.3. The fourth-order valence-corrected chi connectivity index (χ4v) is 2.21. The van der Waals surface area contributed by atoms with Crippen molar-refractivity contribution in [2.75, 3.05) is 32.2 Å². The average molecular weight is 238 g/mol. The molecule has 1 aromatic rings. The number of methoxy groups -OCH3 is 2. The van der Waals surface area contributed by atoms with Crippen molar-refractivity contribution in [2.45, 2.75) is 18.8 Å². The monoisotopic (exact) mass is 238 g/mol. The molecule has 0 saturated carbocycles. The van der Waals surface area contributed by atoms with Crippen LogP contribution in [0.1, 0.15) is 5.56 Å². The molecule has 1 saturated heterocycles. The van der Waals surface area contributed by atoms with Crippen LogP contribution >= 0.6 is 0 Å². The molecule has 2 heterocycles. The van der Waals surface area contributed by atoms with Gasteiger partial charge in [-0.15, -0.1) is 0 Å². The third kappa shape index (κ3) is 2.41. The van der Waals surface area contributed by atoms with Crippen molar-refractivity contribution >= 4 is 5.82 Å². The second-order valence-corrected chi connectivity index (χ2v) is 4.10. The van der Waals surface area contributed by atoms with Crippen molar-refractivity contribution in [3.63, 3.8) is 0 Å². The lowest BCUT2D eigenvalue weighted by Crippen LogP contribution is -2.27. The van der Waals surface area contributed by atoms with Gasteiger partial charge in [-0.3, -0.25) is 0 Å². The van der Waals surface area contributed by atoms with Crippen LogP contribution < -0.4 is 4.90 Å². The Morgan fingerprint density at radius 1 is 1.35 bits per heavy atom. The molecule has 2 atom stereocenters. The van der Waals surface area contributed by atoms with E-state index in [0.717, 1.165) is 24.5 Å². The zero-order valence-corrected chi connectivity index (χ0v) is 10.2.